The number of nitrogens with zero attached hydrogens (tertiary/aromatic N) is 3. The summed E-state index contributed by atoms with van der Waals surface area (Å²) in [7, 11) is 0. The van der Waals surface area contributed by atoms with Gasteiger partial charge in [0.2, 0.25) is 0 Å². The van der Waals surface area contributed by atoms with E-state index >= 15 is 0 Å². The van der Waals surface area contributed by atoms with Gasteiger partial charge in [0.25, 0.3) is 0 Å². The number of halogens is 1. The summed E-state index contributed by atoms with van der Waals surface area (Å²) in [6, 6.07) is 4.01. The molecule has 0 aliphatic heterocycles. The molecule has 2 rings (SSSR count). The van der Waals surface area contributed by atoms with E-state index < -0.39 is 0 Å². The lowest BCUT2D eigenvalue weighted by atomic mass is 10.1. The van der Waals surface area contributed by atoms with E-state index in [1.165, 1.54) is 0 Å². The summed E-state index contributed by atoms with van der Waals surface area (Å²) < 4.78 is 0.990. The minimum atomic E-state index is 0.118. The number of pyridine rings is 1. The summed E-state index contributed by atoms with van der Waals surface area (Å²) in [6.07, 6.45) is 8.02. The van der Waals surface area contributed by atoms with Crippen molar-refractivity contribution in [1.82, 2.24) is 20.3 Å². The zero-order chi connectivity index (χ0) is 12.8. The summed E-state index contributed by atoms with van der Waals surface area (Å²) in [4.78, 5) is 12.8. The van der Waals surface area contributed by atoms with Gasteiger partial charge < -0.3 is 5.32 Å². The fraction of sp³-hybridized carbons (Fsp3) is 0.308. The molecule has 0 aromatic carbocycles. The van der Waals surface area contributed by atoms with Crippen LogP contribution in [0.2, 0.25) is 0 Å². The van der Waals surface area contributed by atoms with E-state index in [-0.39, 0.29) is 6.04 Å². The largest absolute Gasteiger partial charge is 0.307 e. The summed E-state index contributed by atoms with van der Waals surface area (Å²) in [5, 5.41) is 3.40. The molecule has 1 unspecified atom stereocenters. The van der Waals surface area contributed by atoms with Gasteiger partial charge in [0.05, 0.1) is 6.04 Å². The van der Waals surface area contributed by atoms with E-state index in [9.17, 15) is 0 Å². The van der Waals surface area contributed by atoms with Crippen LogP contribution in [0.3, 0.4) is 0 Å². The van der Waals surface area contributed by atoms with Gasteiger partial charge >= 0.3 is 0 Å². The number of aromatic nitrogens is 3. The second-order valence-electron chi connectivity index (χ2n) is 3.93. The highest BCUT2D eigenvalue weighted by Crippen LogP contribution is 2.17. The highest BCUT2D eigenvalue weighted by molar-refractivity contribution is 9.10. The topological polar surface area (TPSA) is 50.7 Å². The molecule has 0 aliphatic rings. The first-order chi connectivity index (χ1) is 8.79. The van der Waals surface area contributed by atoms with Gasteiger partial charge in [-0.3, -0.25) is 4.98 Å². The Hall–Kier alpha value is -1.33. The van der Waals surface area contributed by atoms with Gasteiger partial charge in [-0.2, -0.15) is 0 Å². The summed E-state index contributed by atoms with van der Waals surface area (Å²) >= 11 is 3.43. The van der Waals surface area contributed by atoms with Gasteiger partial charge in [-0.1, -0.05) is 6.92 Å². The lowest BCUT2D eigenvalue weighted by Gasteiger charge is -2.16. The third-order valence-electron chi connectivity index (χ3n) is 2.55. The Balaban J connectivity index is 2.16. The average Bonchev–Trinajstić information content (AvgIpc) is 2.39. The zero-order valence-corrected chi connectivity index (χ0v) is 11.8. The van der Waals surface area contributed by atoms with E-state index in [0.29, 0.717) is 0 Å². The van der Waals surface area contributed by atoms with Crippen LogP contribution in [0, 0.1) is 0 Å². The molecule has 0 spiro atoms. The van der Waals surface area contributed by atoms with Crippen molar-refractivity contribution in [1.29, 1.82) is 0 Å². The van der Waals surface area contributed by atoms with E-state index in [2.05, 4.69) is 49.2 Å². The number of rotatable bonds is 5. The summed E-state index contributed by atoms with van der Waals surface area (Å²) in [6.45, 7) is 2.96. The van der Waals surface area contributed by atoms with Crippen LogP contribution in [-0.4, -0.2) is 21.5 Å². The summed E-state index contributed by atoms with van der Waals surface area (Å²) in [5.74, 6) is 0.819. The molecule has 94 valence electrons. The molecule has 18 heavy (non-hydrogen) atoms. The molecule has 0 amide bonds. The number of hydrogen-bond acceptors (Lipinski definition) is 4. The predicted octanol–water partition coefficient (Wildman–Crippen LogP) is 2.53. The van der Waals surface area contributed by atoms with Crippen molar-refractivity contribution in [3.05, 3.63) is 52.8 Å². The van der Waals surface area contributed by atoms with Crippen LogP contribution >= 0.6 is 15.9 Å². The Bertz CT molecular complexity index is 489. The smallest absolute Gasteiger partial charge is 0.145 e. The van der Waals surface area contributed by atoms with Crippen LogP contribution in [0.5, 0.6) is 0 Å². The second kappa shape index (κ2) is 6.56. The van der Waals surface area contributed by atoms with Crippen molar-refractivity contribution in [2.75, 3.05) is 6.54 Å². The van der Waals surface area contributed by atoms with Crippen LogP contribution in [0.25, 0.3) is 0 Å². The van der Waals surface area contributed by atoms with E-state index in [0.717, 1.165) is 28.8 Å². The molecule has 0 bridgehead atoms. The quantitative estimate of drug-likeness (QED) is 0.922. The maximum atomic E-state index is 4.31. The van der Waals surface area contributed by atoms with Crippen molar-refractivity contribution in [2.45, 2.75) is 19.4 Å². The molecule has 1 N–H and O–H groups in total. The van der Waals surface area contributed by atoms with Crippen molar-refractivity contribution < 1.29 is 0 Å². The Labute approximate surface area is 115 Å². The standard InChI is InChI=1S/C13H15BrN4/c1-2-16-12(13-17-4-3-5-18-13)7-10-6-11(14)9-15-8-10/h3-6,8-9,12,16H,2,7H2,1H3. The Morgan fingerprint density at radius 3 is 2.72 bits per heavy atom. The van der Waals surface area contributed by atoms with E-state index in [1.54, 1.807) is 18.6 Å². The molecule has 0 saturated heterocycles. The number of nitrogens with one attached hydrogen (secondary N) is 1. The first-order valence-corrected chi connectivity index (χ1v) is 6.68. The normalized spacial score (nSPS) is 12.3. The van der Waals surface area contributed by atoms with E-state index in [4.69, 9.17) is 0 Å². The van der Waals surface area contributed by atoms with Crippen molar-refractivity contribution in [3.8, 4) is 0 Å². The van der Waals surface area contributed by atoms with Crippen LogP contribution in [-0.2, 0) is 6.42 Å². The van der Waals surface area contributed by atoms with Gasteiger partial charge in [-0.25, -0.2) is 9.97 Å². The molecular formula is C13H15BrN4. The van der Waals surface area contributed by atoms with Gasteiger partial charge in [-0.15, -0.1) is 0 Å². The average molecular weight is 307 g/mol. The van der Waals surface area contributed by atoms with E-state index in [1.807, 2.05) is 12.3 Å². The fourth-order valence-corrected chi connectivity index (χ4v) is 2.21. The molecule has 2 aromatic rings. The molecule has 2 heterocycles. The Morgan fingerprint density at radius 2 is 2.06 bits per heavy atom. The highest BCUT2D eigenvalue weighted by Gasteiger charge is 2.13. The Morgan fingerprint density at radius 1 is 1.28 bits per heavy atom. The molecule has 0 radical (unpaired) electrons. The monoisotopic (exact) mass is 306 g/mol. The molecule has 0 fully saturated rings. The second-order valence-corrected chi connectivity index (χ2v) is 4.85. The molecule has 0 aliphatic carbocycles. The molecule has 5 heteroatoms. The van der Waals surface area contributed by atoms with Crippen molar-refractivity contribution in [2.24, 2.45) is 0 Å². The van der Waals surface area contributed by atoms with Crippen molar-refractivity contribution in [3.63, 3.8) is 0 Å². The van der Waals surface area contributed by atoms with Gasteiger partial charge in [-0.05, 0) is 46.6 Å². The maximum absolute atomic E-state index is 4.31. The maximum Gasteiger partial charge on any atom is 0.145 e. The van der Waals surface area contributed by atoms with Gasteiger partial charge in [0.15, 0.2) is 0 Å². The van der Waals surface area contributed by atoms with Crippen LogP contribution in [0.4, 0.5) is 0 Å². The van der Waals surface area contributed by atoms with Gasteiger partial charge in [0, 0.05) is 29.3 Å². The zero-order valence-electron chi connectivity index (χ0n) is 10.2. The van der Waals surface area contributed by atoms with Gasteiger partial charge in [0.1, 0.15) is 5.82 Å². The molecular weight excluding hydrogens is 292 g/mol. The minimum Gasteiger partial charge on any atom is -0.307 e. The molecule has 4 nitrogen and oxygen atoms in total. The molecule has 2 aromatic heterocycles. The number of hydrogen-bond donors (Lipinski definition) is 1. The summed E-state index contributed by atoms with van der Waals surface area (Å²) in [5.41, 5.74) is 1.16. The minimum absolute atomic E-state index is 0.118. The molecule has 1 atom stereocenters. The first kappa shape index (κ1) is 13.1. The molecule has 0 saturated carbocycles. The third kappa shape index (κ3) is 3.58. The number of likely N-dealkylation sites (N-methyl/N-ethyl adjacent to an activating group) is 1. The van der Waals surface area contributed by atoms with Crippen LogP contribution < -0.4 is 5.32 Å². The lowest BCUT2D eigenvalue weighted by Crippen LogP contribution is -2.24. The Kier molecular flexibility index (Phi) is 4.78. The van der Waals surface area contributed by atoms with Crippen LogP contribution in [0.1, 0.15) is 24.4 Å². The predicted molar refractivity (Wildman–Crippen MR) is 74.1 cm³/mol. The third-order valence-corrected chi connectivity index (χ3v) is 2.98. The lowest BCUT2D eigenvalue weighted by molar-refractivity contribution is 0.520. The fourth-order valence-electron chi connectivity index (χ4n) is 1.79. The van der Waals surface area contributed by atoms with Crippen molar-refractivity contribution >= 4 is 15.9 Å². The SMILES string of the molecule is CCNC(Cc1cncc(Br)c1)c1ncccn1. The highest BCUT2D eigenvalue weighted by atomic mass is 79.9. The van der Waals surface area contributed by atoms with Crippen LogP contribution in [0.15, 0.2) is 41.4 Å². The first-order valence-electron chi connectivity index (χ1n) is 5.89.